The summed E-state index contributed by atoms with van der Waals surface area (Å²) < 4.78 is 32.6. The van der Waals surface area contributed by atoms with Crippen LogP contribution < -0.4 is 10.0 Å². The SMILES string of the molecule is O=[N+]([O-])c1cc(NS(=O)(=O)c2ccccc2)ccc1NC[C@@H]1CCCO1. The molecule has 0 aliphatic carbocycles. The fraction of sp³-hybridized carbons (Fsp3) is 0.294. The Hall–Kier alpha value is -2.65. The molecule has 1 heterocycles. The van der Waals surface area contributed by atoms with Crippen molar-refractivity contribution in [3.8, 4) is 0 Å². The van der Waals surface area contributed by atoms with Crippen LogP contribution in [0.25, 0.3) is 0 Å². The Balaban J connectivity index is 1.78. The number of hydrogen-bond donors (Lipinski definition) is 2. The van der Waals surface area contributed by atoms with Crippen molar-refractivity contribution in [2.24, 2.45) is 0 Å². The van der Waals surface area contributed by atoms with E-state index in [2.05, 4.69) is 10.0 Å². The van der Waals surface area contributed by atoms with E-state index in [1.54, 1.807) is 18.2 Å². The lowest BCUT2D eigenvalue weighted by molar-refractivity contribution is -0.383. The highest BCUT2D eigenvalue weighted by Crippen LogP contribution is 2.29. The minimum absolute atomic E-state index is 0.0332. The monoisotopic (exact) mass is 377 g/mol. The zero-order chi connectivity index (χ0) is 18.6. The van der Waals surface area contributed by atoms with Crippen molar-refractivity contribution in [1.82, 2.24) is 0 Å². The average Bonchev–Trinajstić information content (AvgIpc) is 3.14. The van der Waals surface area contributed by atoms with Gasteiger partial charge in [-0.15, -0.1) is 0 Å². The number of nitrogens with zero attached hydrogens (tertiary/aromatic N) is 1. The van der Waals surface area contributed by atoms with E-state index in [1.807, 2.05) is 0 Å². The highest BCUT2D eigenvalue weighted by molar-refractivity contribution is 7.92. The second-order valence-corrected chi connectivity index (χ2v) is 7.61. The van der Waals surface area contributed by atoms with Gasteiger partial charge in [0.1, 0.15) is 5.69 Å². The van der Waals surface area contributed by atoms with Gasteiger partial charge in [-0.3, -0.25) is 14.8 Å². The Labute approximate surface area is 151 Å². The molecule has 0 unspecified atom stereocenters. The molecule has 0 amide bonds. The van der Waals surface area contributed by atoms with E-state index in [-0.39, 0.29) is 22.4 Å². The van der Waals surface area contributed by atoms with E-state index >= 15 is 0 Å². The molecule has 8 nitrogen and oxygen atoms in total. The number of benzene rings is 2. The topological polar surface area (TPSA) is 111 Å². The van der Waals surface area contributed by atoms with E-state index in [1.165, 1.54) is 30.3 Å². The van der Waals surface area contributed by atoms with Gasteiger partial charge in [0.15, 0.2) is 0 Å². The third-order valence-corrected chi connectivity index (χ3v) is 5.44. The smallest absolute Gasteiger partial charge is 0.294 e. The van der Waals surface area contributed by atoms with E-state index in [9.17, 15) is 18.5 Å². The van der Waals surface area contributed by atoms with Crippen LogP contribution in [0.2, 0.25) is 0 Å². The van der Waals surface area contributed by atoms with Crippen LogP contribution in [0.5, 0.6) is 0 Å². The maximum atomic E-state index is 12.4. The summed E-state index contributed by atoms with van der Waals surface area (Å²) in [6.45, 7) is 1.17. The van der Waals surface area contributed by atoms with E-state index in [0.29, 0.717) is 18.8 Å². The summed E-state index contributed by atoms with van der Waals surface area (Å²) in [6.07, 6.45) is 1.93. The molecule has 3 rings (SSSR count). The fourth-order valence-electron chi connectivity index (χ4n) is 2.74. The highest BCUT2D eigenvalue weighted by Gasteiger charge is 2.20. The highest BCUT2D eigenvalue weighted by atomic mass is 32.2. The quantitative estimate of drug-likeness (QED) is 0.567. The molecular formula is C17H19N3O5S. The fourth-order valence-corrected chi connectivity index (χ4v) is 3.81. The van der Waals surface area contributed by atoms with Gasteiger partial charge in [-0.05, 0) is 37.1 Å². The normalized spacial score (nSPS) is 17.0. The Morgan fingerprint density at radius 2 is 1.96 bits per heavy atom. The van der Waals surface area contributed by atoms with E-state index in [4.69, 9.17) is 4.74 Å². The van der Waals surface area contributed by atoms with Gasteiger partial charge in [-0.1, -0.05) is 18.2 Å². The molecule has 2 N–H and O–H groups in total. The molecule has 0 saturated carbocycles. The second kappa shape index (κ2) is 7.71. The minimum Gasteiger partial charge on any atom is -0.377 e. The molecule has 1 atom stereocenters. The van der Waals surface area contributed by atoms with Crippen LogP contribution in [-0.4, -0.2) is 32.6 Å². The van der Waals surface area contributed by atoms with Crippen LogP contribution in [0.15, 0.2) is 53.4 Å². The third kappa shape index (κ3) is 4.30. The van der Waals surface area contributed by atoms with Crippen LogP contribution in [0.3, 0.4) is 0 Å². The lowest BCUT2D eigenvalue weighted by Gasteiger charge is -2.13. The number of nitro groups is 1. The molecule has 2 aromatic carbocycles. The Kier molecular flexibility index (Phi) is 5.38. The molecule has 0 radical (unpaired) electrons. The third-order valence-electron chi connectivity index (χ3n) is 4.04. The average molecular weight is 377 g/mol. The predicted octanol–water partition coefficient (Wildman–Crippen LogP) is 2.99. The molecule has 9 heteroatoms. The van der Waals surface area contributed by atoms with Gasteiger partial charge in [0.05, 0.1) is 21.6 Å². The van der Waals surface area contributed by atoms with Crippen LogP contribution in [0.1, 0.15) is 12.8 Å². The number of rotatable bonds is 7. The van der Waals surface area contributed by atoms with E-state index < -0.39 is 14.9 Å². The minimum atomic E-state index is -3.81. The summed E-state index contributed by atoms with van der Waals surface area (Å²) in [6, 6.07) is 12.0. The summed E-state index contributed by atoms with van der Waals surface area (Å²) in [5.41, 5.74) is 0.257. The summed E-state index contributed by atoms with van der Waals surface area (Å²) in [7, 11) is -3.81. The van der Waals surface area contributed by atoms with Crippen molar-refractivity contribution >= 4 is 27.1 Å². The van der Waals surface area contributed by atoms with Crippen molar-refractivity contribution < 1.29 is 18.1 Å². The predicted molar refractivity (Wildman–Crippen MR) is 97.8 cm³/mol. The second-order valence-electron chi connectivity index (χ2n) is 5.92. The number of ether oxygens (including phenoxy) is 1. The van der Waals surface area contributed by atoms with E-state index in [0.717, 1.165) is 12.8 Å². The Morgan fingerprint density at radius 3 is 2.62 bits per heavy atom. The van der Waals surface area contributed by atoms with Crippen molar-refractivity contribution in [3.63, 3.8) is 0 Å². The molecule has 1 fully saturated rings. The molecule has 0 spiro atoms. The van der Waals surface area contributed by atoms with Crippen molar-refractivity contribution in [2.75, 3.05) is 23.2 Å². The summed E-state index contributed by atoms with van der Waals surface area (Å²) in [4.78, 5) is 10.9. The number of sulfonamides is 1. The number of nitrogens with one attached hydrogen (secondary N) is 2. The molecule has 138 valence electrons. The molecule has 2 aromatic rings. The number of nitro benzene ring substituents is 1. The largest absolute Gasteiger partial charge is 0.377 e. The summed E-state index contributed by atoms with van der Waals surface area (Å²) in [5, 5.41) is 14.4. The standard InChI is InChI=1S/C17H19N3O5S/c21-20(22)17-11-13(19-26(23,24)15-6-2-1-3-7-15)8-9-16(17)18-12-14-5-4-10-25-14/h1-3,6-9,11,14,18-19H,4-5,10,12H2/t14-/m0/s1. The first kappa shape index (κ1) is 18.2. The summed E-state index contributed by atoms with van der Waals surface area (Å²) >= 11 is 0. The Bertz CT molecular complexity index is 881. The molecule has 26 heavy (non-hydrogen) atoms. The first-order valence-electron chi connectivity index (χ1n) is 8.17. The molecule has 0 bridgehead atoms. The maximum Gasteiger partial charge on any atom is 0.294 e. The number of hydrogen-bond acceptors (Lipinski definition) is 6. The van der Waals surface area contributed by atoms with Crippen molar-refractivity contribution in [2.45, 2.75) is 23.8 Å². The lowest BCUT2D eigenvalue weighted by Crippen LogP contribution is -2.19. The molecule has 1 aliphatic rings. The van der Waals surface area contributed by atoms with Crippen LogP contribution in [-0.2, 0) is 14.8 Å². The van der Waals surface area contributed by atoms with Gasteiger partial charge in [-0.2, -0.15) is 0 Å². The van der Waals surface area contributed by atoms with Gasteiger partial charge >= 0.3 is 0 Å². The van der Waals surface area contributed by atoms with Gasteiger partial charge in [0, 0.05) is 19.2 Å². The lowest BCUT2D eigenvalue weighted by atomic mass is 10.2. The first-order valence-corrected chi connectivity index (χ1v) is 9.66. The van der Waals surface area contributed by atoms with Crippen molar-refractivity contribution in [1.29, 1.82) is 0 Å². The van der Waals surface area contributed by atoms with Crippen LogP contribution >= 0.6 is 0 Å². The molecular weight excluding hydrogens is 358 g/mol. The number of anilines is 2. The summed E-state index contributed by atoms with van der Waals surface area (Å²) in [5.74, 6) is 0. The van der Waals surface area contributed by atoms with Crippen molar-refractivity contribution in [3.05, 3.63) is 58.6 Å². The molecule has 0 aromatic heterocycles. The maximum absolute atomic E-state index is 12.4. The van der Waals surface area contributed by atoms with Crippen LogP contribution in [0.4, 0.5) is 17.1 Å². The van der Waals surface area contributed by atoms with Gasteiger partial charge in [0.2, 0.25) is 0 Å². The molecule has 1 aliphatic heterocycles. The Morgan fingerprint density at radius 1 is 1.19 bits per heavy atom. The van der Waals surface area contributed by atoms with Gasteiger partial charge < -0.3 is 10.1 Å². The zero-order valence-electron chi connectivity index (χ0n) is 13.9. The molecule has 1 saturated heterocycles. The first-order chi connectivity index (χ1) is 12.5. The van der Waals surface area contributed by atoms with Gasteiger partial charge in [-0.25, -0.2) is 8.42 Å². The van der Waals surface area contributed by atoms with Gasteiger partial charge in [0.25, 0.3) is 15.7 Å². The zero-order valence-corrected chi connectivity index (χ0v) is 14.7. The van der Waals surface area contributed by atoms with Crippen LogP contribution in [0, 0.1) is 10.1 Å².